The van der Waals surface area contributed by atoms with Crippen LogP contribution in [0.2, 0.25) is 0 Å². The van der Waals surface area contributed by atoms with Gasteiger partial charge < -0.3 is 4.90 Å². The number of nitrogens with zero attached hydrogens (tertiary/aromatic N) is 3. The van der Waals surface area contributed by atoms with Gasteiger partial charge in [0.15, 0.2) is 0 Å². The van der Waals surface area contributed by atoms with Crippen LogP contribution in [0.3, 0.4) is 0 Å². The summed E-state index contributed by atoms with van der Waals surface area (Å²) in [5, 5.41) is 3.29. The largest absolute Gasteiger partial charge is 0.338 e. The molecule has 0 spiro atoms. The van der Waals surface area contributed by atoms with E-state index >= 15 is 0 Å². The smallest absolute Gasteiger partial charge is 0.258 e. The summed E-state index contributed by atoms with van der Waals surface area (Å²) in [6, 6.07) is 3.08. The molecule has 24 heavy (non-hydrogen) atoms. The minimum Gasteiger partial charge on any atom is -0.338 e. The van der Waals surface area contributed by atoms with Crippen LogP contribution in [0, 0.1) is 5.95 Å². The molecule has 1 saturated heterocycles. The van der Waals surface area contributed by atoms with Crippen LogP contribution in [0.25, 0.3) is 0 Å². The Bertz CT molecular complexity index is 730. The second-order valence-corrected chi connectivity index (χ2v) is 8.12. The van der Waals surface area contributed by atoms with E-state index in [4.69, 9.17) is 4.98 Å². The Balaban J connectivity index is 1.65. The first kappa shape index (κ1) is 17.0. The third kappa shape index (κ3) is 3.48. The summed E-state index contributed by atoms with van der Waals surface area (Å²) < 4.78 is 13.7. The molecular formula is C18H22FN3OS. The molecule has 0 unspecified atom stereocenters. The molecule has 1 aliphatic heterocycles. The van der Waals surface area contributed by atoms with Crippen LogP contribution >= 0.6 is 11.3 Å². The standard InChI is InChI=1S/C18H22FN3OS/c1-18(2,3)14-11-24-16(21-14)12-6-9-22(10-7-12)17(23)13-5-4-8-20-15(13)19/h4-5,8,11-12H,6-7,9-10H2,1-3H3. The molecule has 0 N–H and O–H groups in total. The van der Waals surface area contributed by atoms with E-state index in [1.54, 1.807) is 22.3 Å². The predicted octanol–water partition coefficient (Wildman–Crippen LogP) is 3.99. The number of likely N-dealkylation sites (tertiary alicyclic amines) is 1. The van der Waals surface area contributed by atoms with E-state index in [0.717, 1.165) is 23.5 Å². The van der Waals surface area contributed by atoms with Crippen molar-refractivity contribution >= 4 is 17.2 Å². The molecule has 0 bridgehead atoms. The summed E-state index contributed by atoms with van der Waals surface area (Å²) in [6.45, 7) is 7.74. The van der Waals surface area contributed by atoms with Crippen molar-refractivity contribution in [2.75, 3.05) is 13.1 Å². The van der Waals surface area contributed by atoms with Gasteiger partial charge in [-0.3, -0.25) is 4.79 Å². The van der Waals surface area contributed by atoms with Crippen LogP contribution in [0.4, 0.5) is 4.39 Å². The highest BCUT2D eigenvalue weighted by Crippen LogP contribution is 2.33. The van der Waals surface area contributed by atoms with E-state index in [0.29, 0.717) is 19.0 Å². The van der Waals surface area contributed by atoms with Crippen LogP contribution in [-0.2, 0) is 5.41 Å². The average molecular weight is 347 g/mol. The molecule has 3 heterocycles. The summed E-state index contributed by atoms with van der Waals surface area (Å²) in [6.07, 6.45) is 3.09. The Hall–Kier alpha value is -1.82. The minimum absolute atomic E-state index is 0.0558. The summed E-state index contributed by atoms with van der Waals surface area (Å²) in [5.41, 5.74) is 1.24. The Kier molecular flexibility index (Phi) is 4.67. The lowest BCUT2D eigenvalue weighted by Gasteiger charge is -2.31. The second kappa shape index (κ2) is 6.59. The van der Waals surface area contributed by atoms with E-state index in [1.807, 2.05) is 0 Å². The lowest BCUT2D eigenvalue weighted by atomic mass is 9.93. The quantitative estimate of drug-likeness (QED) is 0.772. The molecule has 3 rings (SSSR count). The number of carbonyl (C=O) groups is 1. The zero-order chi connectivity index (χ0) is 17.3. The third-order valence-corrected chi connectivity index (χ3v) is 5.42. The van der Waals surface area contributed by atoms with Gasteiger partial charge in [-0.1, -0.05) is 20.8 Å². The molecule has 0 aliphatic carbocycles. The van der Waals surface area contributed by atoms with E-state index in [-0.39, 0.29) is 16.9 Å². The first-order valence-electron chi connectivity index (χ1n) is 8.22. The van der Waals surface area contributed by atoms with Gasteiger partial charge in [-0.25, -0.2) is 9.97 Å². The zero-order valence-corrected chi connectivity index (χ0v) is 15.1. The lowest BCUT2D eigenvalue weighted by Crippen LogP contribution is -2.38. The van der Waals surface area contributed by atoms with E-state index < -0.39 is 5.95 Å². The van der Waals surface area contributed by atoms with Crippen molar-refractivity contribution < 1.29 is 9.18 Å². The number of pyridine rings is 1. The molecule has 0 atom stereocenters. The van der Waals surface area contributed by atoms with Crippen molar-refractivity contribution in [2.24, 2.45) is 0 Å². The maximum absolute atomic E-state index is 13.7. The van der Waals surface area contributed by atoms with Crippen molar-refractivity contribution in [3.05, 3.63) is 45.9 Å². The fourth-order valence-corrected chi connectivity index (χ4v) is 4.08. The van der Waals surface area contributed by atoms with Crippen LogP contribution in [0.15, 0.2) is 23.7 Å². The Morgan fingerprint density at radius 1 is 1.33 bits per heavy atom. The summed E-state index contributed by atoms with van der Waals surface area (Å²) in [5.74, 6) is -0.582. The number of hydrogen-bond acceptors (Lipinski definition) is 4. The number of carbonyl (C=O) groups excluding carboxylic acids is 1. The zero-order valence-electron chi connectivity index (χ0n) is 14.3. The number of hydrogen-bond donors (Lipinski definition) is 0. The topological polar surface area (TPSA) is 46.1 Å². The minimum atomic E-state index is -0.695. The van der Waals surface area contributed by atoms with Gasteiger partial charge in [0.1, 0.15) is 0 Å². The first-order valence-corrected chi connectivity index (χ1v) is 9.10. The van der Waals surface area contributed by atoms with Crippen LogP contribution in [-0.4, -0.2) is 33.9 Å². The number of piperidine rings is 1. The predicted molar refractivity (Wildman–Crippen MR) is 92.9 cm³/mol. The Morgan fingerprint density at radius 3 is 2.62 bits per heavy atom. The molecule has 128 valence electrons. The molecule has 1 fully saturated rings. The van der Waals surface area contributed by atoms with Crippen molar-refractivity contribution in [1.82, 2.24) is 14.9 Å². The maximum Gasteiger partial charge on any atom is 0.258 e. The van der Waals surface area contributed by atoms with Gasteiger partial charge >= 0.3 is 0 Å². The molecule has 1 aliphatic rings. The highest BCUT2D eigenvalue weighted by molar-refractivity contribution is 7.09. The van der Waals surface area contributed by atoms with Gasteiger partial charge in [-0.2, -0.15) is 4.39 Å². The van der Waals surface area contributed by atoms with Crippen LogP contribution < -0.4 is 0 Å². The van der Waals surface area contributed by atoms with Gasteiger partial charge in [0, 0.05) is 36.0 Å². The third-order valence-electron chi connectivity index (χ3n) is 4.41. The molecule has 0 aromatic carbocycles. The van der Waals surface area contributed by atoms with Crippen molar-refractivity contribution in [2.45, 2.75) is 44.9 Å². The van der Waals surface area contributed by atoms with Gasteiger partial charge in [0.05, 0.1) is 16.3 Å². The highest BCUT2D eigenvalue weighted by Gasteiger charge is 2.28. The van der Waals surface area contributed by atoms with Crippen molar-refractivity contribution in [3.8, 4) is 0 Å². The molecule has 4 nitrogen and oxygen atoms in total. The molecule has 6 heteroatoms. The Labute approximate surface area is 145 Å². The second-order valence-electron chi connectivity index (χ2n) is 7.23. The van der Waals surface area contributed by atoms with Gasteiger partial charge in [-0.15, -0.1) is 11.3 Å². The molecule has 0 saturated carbocycles. The van der Waals surface area contributed by atoms with Crippen molar-refractivity contribution in [3.63, 3.8) is 0 Å². The average Bonchev–Trinajstić information content (AvgIpc) is 3.05. The summed E-state index contributed by atoms with van der Waals surface area (Å²) in [7, 11) is 0. The van der Waals surface area contributed by atoms with Crippen molar-refractivity contribution in [1.29, 1.82) is 0 Å². The lowest BCUT2D eigenvalue weighted by molar-refractivity contribution is 0.0707. The van der Waals surface area contributed by atoms with Gasteiger partial charge in [0.2, 0.25) is 5.95 Å². The number of halogens is 1. The fourth-order valence-electron chi connectivity index (χ4n) is 2.87. The summed E-state index contributed by atoms with van der Waals surface area (Å²) in [4.78, 5) is 22.5. The summed E-state index contributed by atoms with van der Waals surface area (Å²) >= 11 is 1.71. The van der Waals surface area contributed by atoms with E-state index in [9.17, 15) is 9.18 Å². The number of aromatic nitrogens is 2. The normalized spacial score (nSPS) is 16.4. The van der Waals surface area contributed by atoms with E-state index in [1.165, 1.54) is 12.3 Å². The monoisotopic (exact) mass is 347 g/mol. The molecule has 2 aromatic heterocycles. The van der Waals surface area contributed by atoms with Gasteiger partial charge in [0.25, 0.3) is 5.91 Å². The number of amides is 1. The molecular weight excluding hydrogens is 325 g/mol. The SMILES string of the molecule is CC(C)(C)c1csc(C2CCN(C(=O)c3cccnc3F)CC2)n1. The fraction of sp³-hybridized carbons (Fsp3) is 0.500. The van der Waals surface area contributed by atoms with E-state index in [2.05, 4.69) is 31.1 Å². The van der Waals surface area contributed by atoms with Crippen LogP contribution in [0.1, 0.15) is 60.6 Å². The number of thiazole rings is 1. The highest BCUT2D eigenvalue weighted by atomic mass is 32.1. The molecule has 2 aromatic rings. The van der Waals surface area contributed by atoms with Gasteiger partial charge in [-0.05, 0) is 25.0 Å². The maximum atomic E-state index is 13.7. The Morgan fingerprint density at radius 2 is 2.04 bits per heavy atom. The first-order chi connectivity index (χ1) is 11.4. The molecule has 1 amide bonds. The van der Waals surface area contributed by atoms with Crippen LogP contribution in [0.5, 0.6) is 0 Å². The number of rotatable bonds is 2. The molecule has 0 radical (unpaired) electrons.